The number of piperidine rings is 1. The van der Waals surface area contributed by atoms with E-state index in [1.165, 1.54) is 12.1 Å². The highest BCUT2D eigenvalue weighted by Gasteiger charge is 2.29. The van der Waals surface area contributed by atoms with Crippen LogP contribution in [0.15, 0.2) is 18.2 Å². The Morgan fingerprint density at radius 1 is 1.32 bits per heavy atom. The van der Waals surface area contributed by atoms with Crippen LogP contribution >= 0.6 is 12.4 Å². The molecule has 0 atom stereocenters. The number of hydrogen-bond acceptors (Lipinski definition) is 2. The van der Waals surface area contributed by atoms with Crippen LogP contribution in [0.1, 0.15) is 28.8 Å². The van der Waals surface area contributed by atoms with Crippen molar-refractivity contribution in [2.75, 3.05) is 19.6 Å². The zero-order chi connectivity index (χ0) is 12.5. The summed E-state index contributed by atoms with van der Waals surface area (Å²) in [5, 5.41) is 3.32. The van der Waals surface area contributed by atoms with Gasteiger partial charge in [0.05, 0.1) is 0 Å². The van der Waals surface area contributed by atoms with Crippen molar-refractivity contribution in [3.63, 3.8) is 0 Å². The molecule has 2 aliphatic heterocycles. The van der Waals surface area contributed by atoms with Crippen LogP contribution < -0.4 is 5.32 Å². The fourth-order valence-electron chi connectivity index (χ4n) is 2.86. The molecule has 3 nitrogen and oxygen atoms in total. The minimum Gasteiger partial charge on any atom is -0.334 e. The minimum absolute atomic E-state index is 0. The van der Waals surface area contributed by atoms with Crippen LogP contribution in [0.3, 0.4) is 0 Å². The number of amides is 1. The normalized spacial score (nSPS) is 19.2. The zero-order valence-electron chi connectivity index (χ0n) is 10.7. The molecule has 1 N–H and O–H groups in total. The van der Waals surface area contributed by atoms with Gasteiger partial charge in [-0.25, -0.2) is 4.39 Å². The number of fused-ring (bicyclic) bond motifs is 1. The molecule has 1 aromatic rings. The molecule has 0 aromatic heterocycles. The summed E-state index contributed by atoms with van der Waals surface area (Å²) in [6, 6.07) is 4.52. The number of nitrogens with zero attached hydrogens (tertiary/aromatic N) is 1. The van der Waals surface area contributed by atoms with Crippen molar-refractivity contribution < 1.29 is 9.18 Å². The van der Waals surface area contributed by atoms with Crippen molar-refractivity contribution in [2.45, 2.75) is 19.4 Å². The van der Waals surface area contributed by atoms with E-state index >= 15 is 0 Å². The van der Waals surface area contributed by atoms with E-state index in [-0.39, 0.29) is 24.1 Å². The first-order valence-corrected chi connectivity index (χ1v) is 6.52. The molecule has 1 amide bonds. The topological polar surface area (TPSA) is 32.3 Å². The molecule has 0 radical (unpaired) electrons. The number of rotatable bonds is 2. The summed E-state index contributed by atoms with van der Waals surface area (Å²) in [7, 11) is 0. The van der Waals surface area contributed by atoms with Crippen LogP contribution in [0.25, 0.3) is 0 Å². The van der Waals surface area contributed by atoms with Crippen molar-refractivity contribution in [3.8, 4) is 0 Å². The second-order valence-electron chi connectivity index (χ2n) is 5.18. The van der Waals surface area contributed by atoms with E-state index in [9.17, 15) is 9.18 Å². The third-order valence-electron chi connectivity index (χ3n) is 3.89. The molecule has 104 valence electrons. The Morgan fingerprint density at radius 2 is 2.05 bits per heavy atom. The molecule has 0 unspecified atom stereocenters. The largest absolute Gasteiger partial charge is 0.334 e. The van der Waals surface area contributed by atoms with Crippen molar-refractivity contribution in [3.05, 3.63) is 35.1 Å². The van der Waals surface area contributed by atoms with Crippen LogP contribution in [0, 0.1) is 11.7 Å². The fraction of sp³-hybridized carbons (Fsp3) is 0.500. The smallest absolute Gasteiger partial charge is 0.254 e. The molecular formula is C14H18ClFN2O. The van der Waals surface area contributed by atoms with Gasteiger partial charge in [0.25, 0.3) is 5.91 Å². The molecule has 1 saturated heterocycles. The number of benzene rings is 1. The second-order valence-corrected chi connectivity index (χ2v) is 5.18. The van der Waals surface area contributed by atoms with Crippen LogP contribution in [0.4, 0.5) is 4.39 Å². The monoisotopic (exact) mass is 284 g/mol. The minimum atomic E-state index is -0.328. The highest BCUT2D eigenvalue weighted by Crippen LogP contribution is 2.25. The molecule has 1 fully saturated rings. The maximum Gasteiger partial charge on any atom is 0.254 e. The average molecular weight is 285 g/mol. The van der Waals surface area contributed by atoms with Gasteiger partial charge in [0.15, 0.2) is 0 Å². The van der Waals surface area contributed by atoms with E-state index in [0.29, 0.717) is 18.0 Å². The van der Waals surface area contributed by atoms with Gasteiger partial charge < -0.3 is 10.2 Å². The molecule has 19 heavy (non-hydrogen) atoms. The lowest BCUT2D eigenvalue weighted by atomic mass is 9.98. The lowest BCUT2D eigenvalue weighted by Gasteiger charge is -2.27. The maximum atomic E-state index is 13.1. The second kappa shape index (κ2) is 5.88. The molecule has 0 bridgehead atoms. The number of carbonyl (C=O) groups is 1. The van der Waals surface area contributed by atoms with E-state index in [2.05, 4.69) is 5.32 Å². The highest BCUT2D eigenvalue weighted by molar-refractivity contribution is 5.98. The van der Waals surface area contributed by atoms with Gasteiger partial charge in [0.1, 0.15) is 5.82 Å². The summed E-state index contributed by atoms with van der Waals surface area (Å²) >= 11 is 0. The molecule has 0 saturated carbocycles. The van der Waals surface area contributed by atoms with Crippen molar-refractivity contribution in [2.24, 2.45) is 5.92 Å². The Labute approximate surface area is 118 Å². The first-order chi connectivity index (χ1) is 8.74. The first kappa shape index (κ1) is 14.3. The summed E-state index contributed by atoms with van der Waals surface area (Å²) < 4.78 is 13.1. The zero-order valence-corrected chi connectivity index (χ0v) is 11.5. The van der Waals surface area contributed by atoms with Gasteiger partial charge in [0.2, 0.25) is 0 Å². The van der Waals surface area contributed by atoms with E-state index in [1.807, 2.05) is 4.90 Å². The predicted octanol–water partition coefficient (Wildman–Crippen LogP) is 2.20. The molecule has 3 rings (SSSR count). The Bertz CT molecular complexity index is 475. The fourth-order valence-corrected chi connectivity index (χ4v) is 2.86. The van der Waals surface area contributed by atoms with Crippen LogP contribution in [-0.4, -0.2) is 30.4 Å². The van der Waals surface area contributed by atoms with Crippen LogP contribution in [0.5, 0.6) is 0 Å². The average Bonchev–Trinajstić information content (AvgIpc) is 2.68. The molecule has 2 heterocycles. The van der Waals surface area contributed by atoms with Crippen molar-refractivity contribution >= 4 is 18.3 Å². The lowest BCUT2D eigenvalue weighted by Crippen LogP contribution is -2.36. The Hall–Kier alpha value is -1.13. The molecule has 0 spiro atoms. The molecule has 2 aliphatic rings. The molecular weight excluding hydrogens is 267 g/mol. The third kappa shape index (κ3) is 2.90. The first-order valence-electron chi connectivity index (χ1n) is 6.52. The van der Waals surface area contributed by atoms with E-state index < -0.39 is 0 Å². The van der Waals surface area contributed by atoms with Gasteiger partial charge in [-0.05, 0) is 49.5 Å². The lowest BCUT2D eigenvalue weighted by molar-refractivity contribution is 0.0740. The molecule has 0 aliphatic carbocycles. The highest BCUT2D eigenvalue weighted by atomic mass is 35.5. The predicted molar refractivity (Wildman–Crippen MR) is 74.0 cm³/mol. The summed E-state index contributed by atoms with van der Waals surface area (Å²) in [5.74, 6) is 0.239. The number of hydrogen-bond donors (Lipinski definition) is 1. The quantitative estimate of drug-likeness (QED) is 0.903. The van der Waals surface area contributed by atoms with E-state index in [0.717, 1.165) is 38.0 Å². The standard InChI is InChI=1S/C14H17FN2O.ClH/c15-12-2-1-11-9-17(14(18)13(11)7-12)8-10-3-5-16-6-4-10;/h1-2,7,10,16H,3-6,8-9H2;1H. The van der Waals surface area contributed by atoms with E-state index in [1.54, 1.807) is 6.07 Å². The Balaban J connectivity index is 0.00000133. The summed E-state index contributed by atoms with van der Waals surface area (Å²) in [5.41, 5.74) is 1.50. The Kier molecular flexibility index (Phi) is 4.42. The Morgan fingerprint density at radius 3 is 2.79 bits per heavy atom. The van der Waals surface area contributed by atoms with Gasteiger partial charge in [0, 0.05) is 18.7 Å². The van der Waals surface area contributed by atoms with E-state index in [4.69, 9.17) is 0 Å². The molecule has 1 aromatic carbocycles. The SMILES string of the molecule is Cl.O=C1c2cc(F)ccc2CN1CC1CCNCC1. The van der Waals surface area contributed by atoms with Crippen molar-refractivity contribution in [1.29, 1.82) is 0 Å². The van der Waals surface area contributed by atoms with Gasteiger partial charge in [-0.1, -0.05) is 6.07 Å². The summed E-state index contributed by atoms with van der Waals surface area (Å²) in [6.07, 6.45) is 2.24. The number of nitrogens with one attached hydrogen (secondary N) is 1. The van der Waals surface area contributed by atoms with Gasteiger partial charge >= 0.3 is 0 Å². The van der Waals surface area contributed by atoms with Crippen molar-refractivity contribution in [1.82, 2.24) is 10.2 Å². The van der Waals surface area contributed by atoms with Crippen LogP contribution in [0.2, 0.25) is 0 Å². The van der Waals surface area contributed by atoms with Crippen LogP contribution in [-0.2, 0) is 6.54 Å². The maximum absolute atomic E-state index is 13.1. The van der Waals surface area contributed by atoms with Gasteiger partial charge in [-0.15, -0.1) is 12.4 Å². The van der Waals surface area contributed by atoms with Gasteiger partial charge in [-0.3, -0.25) is 4.79 Å². The van der Waals surface area contributed by atoms with Gasteiger partial charge in [-0.2, -0.15) is 0 Å². The molecule has 5 heteroatoms. The summed E-state index contributed by atoms with van der Waals surface area (Å²) in [6.45, 7) is 3.51. The summed E-state index contributed by atoms with van der Waals surface area (Å²) in [4.78, 5) is 14.0. The number of carbonyl (C=O) groups excluding carboxylic acids is 1. The third-order valence-corrected chi connectivity index (χ3v) is 3.89. The number of halogens is 2.